The Balaban J connectivity index is 1.25. The number of likely N-dealkylation sites (tertiary alicyclic amines) is 1. The number of hydrogen-bond acceptors (Lipinski definition) is 3. The summed E-state index contributed by atoms with van der Waals surface area (Å²) in [4.78, 5) is 30.9. The molecular formula is C25H25N3O2. The van der Waals surface area contributed by atoms with Crippen molar-refractivity contribution in [1.82, 2.24) is 15.2 Å². The zero-order chi connectivity index (χ0) is 20.8. The Morgan fingerprint density at radius 2 is 1.57 bits per heavy atom. The van der Waals surface area contributed by atoms with Crippen molar-refractivity contribution >= 4 is 11.8 Å². The summed E-state index contributed by atoms with van der Waals surface area (Å²) in [7, 11) is 0. The van der Waals surface area contributed by atoms with Gasteiger partial charge in [-0.25, -0.2) is 0 Å². The van der Waals surface area contributed by atoms with Gasteiger partial charge in [-0.05, 0) is 54.2 Å². The first-order valence-corrected chi connectivity index (χ1v) is 10.3. The molecule has 5 heteroatoms. The summed E-state index contributed by atoms with van der Waals surface area (Å²) < 4.78 is 0. The zero-order valence-corrected chi connectivity index (χ0v) is 16.8. The van der Waals surface area contributed by atoms with Gasteiger partial charge in [0.1, 0.15) is 0 Å². The lowest BCUT2D eigenvalue weighted by Gasteiger charge is -2.32. The van der Waals surface area contributed by atoms with E-state index in [1.54, 1.807) is 24.5 Å². The summed E-state index contributed by atoms with van der Waals surface area (Å²) in [6.07, 6.45) is 5.05. The van der Waals surface area contributed by atoms with Crippen LogP contribution in [0, 0.1) is 5.92 Å². The highest BCUT2D eigenvalue weighted by atomic mass is 16.2. The molecule has 0 spiro atoms. The number of nitrogens with one attached hydrogen (secondary N) is 1. The van der Waals surface area contributed by atoms with Crippen molar-refractivity contribution in [3.05, 3.63) is 90.3 Å². The molecule has 1 saturated heterocycles. The van der Waals surface area contributed by atoms with E-state index in [0.29, 0.717) is 36.7 Å². The molecule has 0 radical (unpaired) electrons. The molecule has 4 rings (SSSR count). The largest absolute Gasteiger partial charge is 0.352 e. The molecule has 5 nitrogen and oxygen atoms in total. The molecule has 0 unspecified atom stereocenters. The predicted octanol–water partition coefficient (Wildman–Crippen LogP) is 4.03. The standard InChI is InChI=1S/C25H25N3O2/c29-24(22-10-8-21(9-11-22)20-5-2-1-3-6-20)27-17-19-12-15-28(16-13-19)25(30)23-7-4-14-26-18-23/h1-11,14,18-19H,12-13,15-17H2,(H,27,29). The molecule has 0 bridgehead atoms. The summed E-state index contributed by atoms with van der Waals surface area (Å²) in [6.45, 7) is 2.05. The van der Waals surface area contributed by atoms with Gasteiger partial charge < -0.3 is 10.2 Å². The zero-order valence-electron chi connectivity index (χ0n) is 16.8. The Bertz CT molecular complexity index is 980. The molecule has 0 saturated carbocycles. The van der Waals surface area contributed by atoms with E-state index in [2.05, 4.69) is 22.4 Å². The van der Waals surface area contributed by atoms with Crippen LogP contribution in [0.4, 0.5) is 0 Å². The number of pyridine rings is 1. The lowest BCUT2D eigenvalue weighted by atomic mass is 9.96. The van der Waals surface area contributed by atoms with Crippen molar-refractivity contribution in [2.45, 2.75) is 12.8 Å². The van der Waals surface area contributed by atoms with Crippen molar-refractivity contribution < 1.29 is 9.59 Å². The van der Waals surface area contributed by atoms with Gasteiger partial charge in [-0.2, -0.15) is 0 Å². The first kappa shape index (κ1) is 19.8. The minimum atomic E-state index is -0.0523. The second-order valence-electron chi connectivity index (χ2n) is 7.63. The van der Waals surface area contributed by atoms with Crippen LogP contribution < -0.4 is 5.32 Å². The topological polar surface area (TPSA) is 62.3 Å². The van der Waals surface area contributed by atoms with Crippen LogP contribution in [-0.2, 0) is 0 Å². The second kappa shape index (κ2) is 9.35. The molecule has 30 heavy (non-hydrogen) atoms. The number of benzene rings is 2. The van der Waals surface area contributed by atoms with E-state index in [9.17, 15) is 9.59 Å². The van der Waals surface area contributed by atoms with Gasteiger partial charge in [0.05, 0.1) is 5.56 Å². The van der Waals surface area contributed by atoms with Gasteiger partial charge in [0, 0.05) is 37.6 Å². The molecule has 1 aliphatic heterocycles. The van der Waals surface area contributed by atoms with Crippen LogP contribution in [0.15, 0.2) is 79.1 Å². The number of carbonyl (C=O) groups is 2. The SMILES string of the molecule is O=C(NCC1CCN(C(=O)c2cccnc2)CC1)c1ccc(-c2ccccc2)cc1. The maximum Gasteiger partial charge on any atom is 0.255 e. The average Bonchev–Trinajstić information content (AvgIpc) is 2.83. The average molecular weight is 399 g/mol. The van der Waals surface area contributed by atoms with Crippen molar-refractivity contribution in [2.24, 2.45) is 5.92 Å². The van der Waals surface area contributed by atoms with Gasteiger partial charge in [-0.1, -0.05) is 42.5 Å². The molecule has 3 aromatic rings. The lowest BCUT2D eigenvalue weighted by Crippen LogP contribution is -2.41. The summed E-state index contributed by atoms with van der Waals surface area (Å²) in [5, 5.41) is 3.05. The monoisotopic (exact) mass is 399 g/mol. The fraction of sp³-hybridized carbons (Fsp3) is 0.240. The van der Waals surface area contributed by atoms with E-state index in [4.69, 9.17) is 0 Å². The number of carbonyl (C=O) groups excluding carboxylic acids is 2. The maximum absolute atomic E-state index is 12.5. The van der Waals surface area contributed by atoms with Crippen LogP contribution in [0.5, 0.6) is 0 Å². The van der Waals surface area contributed by atoms with Gasteiger partial charge >= 0.3 is 0 Å². The van der Waals surface area contributed by atoms with E-state index < -0.39 is 0 Å². The Hall–Kier alpha value is -3.47. The highest BCUT2D eigenvalue weighted by molar-refractivity contribution is 5.95. The molecule has 0 atom stereocenters. The second-order valence-corrected chi connectivity index (χ2v) is 7.63. The molecule has 152 valence electrons. The van der Waals surface area contributed by atoms with Crippen LogP contribution in [-0.4, -0.2) is 41.3 Å². The summed E-state index contributed by atoms with van der Waals surface area (Å²) >= 11 is 0. The first-order chi connectivity index (χ1) is 14.7. The molecule has 1 aromatic heterocycles. The summed E-state index contributed by atoms with van der Waals surface area (Å²) in [5.41, 5.74) is 3.52. The number of rotatable bonds is 5. The third kappa shape index (κ3) is 4.74. The van der Waals surface area contributed by atoms with Gasteiger partial charge in [0.25, 0.3) is 11.8 Å². The van der Waals surface area contributed by atoms with E-state index in [0.717, 1.165) is 24.0 Å². The quantitative estimate of drug-likeness (QED) is 0.705. The Labute approximate surface area is 176 Å². The fourth-order valence-corrected chi connectivity index (χ4v) is 3.80. The van der Waals surface area contributed by atoms with Gasteiger partial charge in [0.15, 0.2) is 0 Å². The highest BCUT2D eigenvalue weighted by Gasteiger charge is 2.24. The van der Waals surface area contributed by atoms with Gasteiger partial charge in [-0.3, -0.25) is 14.6 Å². The third-order valence-corrected chi connectivity index (χ3v) is 5.62. The highest BCUT2D eigenvalue weighted by Crippen LogP contribution is 2.20. The number of amides is 2. The van der Waals surface area contributed by atoms with Gasteiger partial charge in [0.2, 0.25) is 0 Å². The Morgan fingerprint density at radius 1 is 0.867 bits per heavy atom. The molecule has 2 amide bonds. The maximum atomic E-state index is 12.5. The van der Waals surface area contributed by atoms with E-state index in [1.807, 2.05) is 47.4 Å². The number of hydrogen-bond donors (Lipinski definition) is 1. The summed E-state index contributed by atoms with van der Waals surface area (Å²) in [6, 6.07) is 21.4. The van der Waals surface area contributed by atoms with Gasteiger partial charge in [-0.15, -0.1) is 0 Å². The van der Waals surface area contributed by atoms with Crippen molar-refractivity contribution in [3.63, 3.8) is 0 Å². The van der Waals surface area contributed by atoms with E-state index >= 15 is 0 Å². The molecule has 0 aliphatic carbocycles. The molecule has 1 fully saturated rings. The molecular weight excluding hydrogens is 374 g/mol. The Morgan fingerprint density at radius 3 is 2.23 bits per heavy atom. The predicted molar refractivity (Wildman–Crippen MR) is 117 cm³/mol. The fourth-order valence-electron chi connectivity index (χ4n) is 3.80. The molecule has 1 N–H and O–H groups in total. The Kier molecular flexibility index (Phi) is 6.18. The van der Waals surface area contributed by atoms with E-state index in [1.165, 1.54) is 0 Å². The minimum absolute atomic E-state index is 0.0316. The number of piperidine rings is 1. The van der Waals surface area contributed by atoms with E-state index in [-0.39, 0.29) is 11.8 Å². The lowest BCUT2D eigenvalue weighted by molar-refractivity contribution is 0.0684. The molecule has 1 aliphatic rings. The van der Waals surface area contributed by atoms with Crippen LogP contribution in [0.25, 0.3) is 11.1 Å². The smallest absolute Gasteiger partial charge is 0.255 e. The molecule has 2 aromatic carbocycles. The normalized spacial score (nSPS) is 14.3. The van der Waals surface area contributed by atoms with Crippen LogP contribution in [0.3, 0.4) is 0 Å². The number of nitrogens with zero attached hydrogens (tertiary/aromatic N) is 2. The van der Waals surface area contributed by atoms with Crippen molar-refractivity contribution in [1.29, 1.82) is 0 Å². The van der Waals surface area contributed by atoms with Crippen LogP contribution in [0.2, 0.25) is 0 Å². The van der Waals surface area contributed by atoms with Crippen molar-refractivity contribution in [2.75, 3.05) is 19.6 Å². The third-order valence-electron chi connectivity index (χ3n) is 5.62. The van der Waals surface area contributed by atoms with Crippen LogP contribution >= 0.6 is 0 Å². The van der Waals surface area contributed by atoms with Crippen molar-refractivity contribution in [3.8, 4) is 11.1 Å². The minimum Gasteiger partial charge on any atom is -0.352 e. The molecule has 2 heterocycles. The summed E-state index contributed by atoms with van der Waals surface area (Å²) in [5.74, 6) is 0.364. The number of aromatic nitrogens is 1. The van der Waals surface area contributed by atoms with Crippen LogP contribution in [0.1, 0.15) is 33.6 Å². The first-order valence-electron chi connectivity index (χ1n) is 10.3.